The molecule has 150 valence electrons. The monoisotopic (exact) mass is 397 g/mol. The highest BCUT2D eigenvalue weighted by atomic mass is 32.1. The van der Waals surface area contributed by atoms with Gasteiger partial charge in [-0.3, -0.25) is 0 Å². The molecule has 3 aromatic rings. The molecule has 1 aliphatic rings. The normalized spacial score (nSPS) is 15.0. The Morgan fingerprint density at radius 2 is 1.82 bits per heavy atom. The molecule has 1 N–H and O–H groups in total. The van der Waals surface area contributed by atoms with Gasteiger partial charge in [-0.1, -0.05) is 38.6 Å². The predicted molar refractivity (Wildman–Crippen MR) is 122 cm³/mol. The van der Waals surface area contributed by atoms with Gasteiger partial charge >= 0.3 is 0 Å². The van der Waals surface area contributed by atoms with Crippen molar-refractivity contribution in [1.82, 2.24) is 9.88 Å². The van der Waals surface area contributed by atoms with Crippen LogP contribution in [0, 0.1) is 0 Å². The summed E-state index contributed by atoms with van der Waals surface area (Å²) in [5, 5.41) is 12.5. The first kappa shape index (κ1) is 20.8. The molecule has 0 radical (unpaired) electrons. The maximum Gasteiger partial charge on any atom is 0.147 e. The number of aliphatic hydroxyl groups is 1. The lowest BCUT2D eigenvalue weighted by atomic mass is 10.0. The Labute approximate surface area is 172 Å². The van der Waals surface area contributed by atoms with E-state index in [1.165, 1.54) is 15.6 Å². The molecule has 0 amide bonds. The van der Waals surface area contributed by atoms with Crippen molar-refractivity contribution in [3.63, 3.8) is 0 Å². The largest absolute Gasteiger partial charge is 0.396 e. The van der Waals surface area contributed by atoms with Gasteiger partial charge in [-0.15, -0.1) is 11.3 Å². The number of benzene rings is 1. The highest BCUT2D eigenvalue weighted by molar-refractivity contribution is 7.17. The van der Waals surface area contributed by atoms with E-state index in [4.69, 9.17) is 10.1 Å². The molecule has 2 aromatic heterocycles. The molecule has 0 unspecified atom stereocenters. The summed E-state index contributed by atoms with van der Waals surface area (Å²) in [6.45, 7) is 7.89. The fourth-order valence-electron chi connectivity index (χ4n) is 3.72. The fraction of sp³-hybridized carbons (Fsp3) is 0.435. The third-order valence-electron chi connectivity index (χ3n) is 5.41. The molecule has 3 heterocycles. The van der Waals surface area contributed by atoms with Gasteiger partial charge in [0.2, 0.25) is 0 Å². The number of piperazine rings is 1. The number of fused-ring (bicyclic) bond motifs is 1. The minimum Gasteiger partial charge on any atom is -0.396 e. The molecule has 1 aliphatic heterocycles. The maximum atomic E-state index is 9.01. The molecular weight excluding hydrogens is 366 g/mol. The number of aryl methyl sites for hydroxylation is 1. The third kappa shape index (κ3) is 4.37. The number of anilines is 1. The standard InChI is InChI=1S/C22H27N3OS.CH4/c1-2-24-10-12-25(13-11-24)22-21-19(9-15-27-21)16-20(23-22)18-7-5-17(6-8-18)4-3-14-26;/h5-9,15-16,26H,2-4,10-14H2,1H3;1H4. The Hall–Kier alpha value is -1.95. The van der Waals surface area contributed by atoms with E-state index < -0.39 is 0 Å². The molecular formula is C23H31N3OS. The summed E-state index contributed by atoms with van der Waals surface area (Å²) in [7, 11) is 0. The summed E-state index contributed by atoms with van der Waals surface area (Å²) in [5.74, 6) is 1.14. The lowest BCUT2D eigenvalue weighted by Crippen LogP contribution is -2.46. The molecule has 0 atom stereocenters. The first-order chi connectivity index (χ1) is 13.3. The number of aliphatic hydroxyl groups excluding tert-OH is 1. The summed E-state index contributed by atoms with van der Waals surface area (Å²) in [5.41, 5.74) is 3.46. The Kier molecular flexibility index (Phi) is 7.05. The summed E-state index contributed by atoms with van der Waals surface area (Å²) < 4.78 is 1.29. The SMILES string of the molecule is C.CCN1CCN(c2nc(-c3ccc(CCCO)cc3)cc3ccsc23)CC1. The summed E-state index contributed by atoms with van der Waals surface area (Å²) >= 11 is 1.79. The lowest BCUT2D eigenvalue weighted by Gasteiger charge is -2.35. The van der Waals surface area contributed by atoms with Crippen molar-refractivity contribution in [2.75, 3.05) is 44.2 Å². The number of likely N-dealkylation sites (N-methyl/N-ethyl adjacent to an activating group) is 1. The molecule has 0 aliphatic carbocycles. The molecule has 0 spiro atoms. The second-order valence-electron chi connectivity index (χ2n) is 7.12. The number of hydrogen-bond acceptors (Lipinski definition) is 5. The second kappa shape index (κ2) is 9.50. The van der Waals surface area contributed by atoms with Crippen molar-refractivity contribution >= 4 is 27.2 Å². The number of aromatic nitrogens is 1. The number of thiophene rings is 1. The molecule has 4 rings (SSSR count). The Bertz CT molecular complexity index is 883. The number of rotatable bonds is 6. The van der Waals surface area contributed by atoms with Crippen LogP contribution in [-0.2, 0) is 6.42 Å². The first-order valence-electron chi connectivity index (χ1n) is 9.84. The minimum absolute atomic E-state index is 0. The highest BCUT2D eigenvalue weighted by Crippen LogP contribution is 2.34. The van der Waals surface area contributed by atoms with Crippen molar-refractivity contribution in [2.24, 2.45) is 0 Å². The zero-order valence-electron chi connectivity index (χ0n) is 15.9. The Morgan fingerprint density at radius 1 is 1.07 bits per heavy atom. The van der Waals surface area contributed by atoms with E-state index in [9.17, 15) is 0 Å². The van der Waals surface area contributed by atoms with Gasteiger partial charge in [0.05, 0.1) is 10.4 Å². The summed E-state index contributed by atoms with van der Waals surface area (Å²) in [4.78, 5) is 10.0. The second-order valence-corrected chi connectivity index (χ2v) is 8.03. The van der Waals surface area contributed by atoms with Gasteiger partial charge in [0, 0.05) is 38.3 Å². The average Bonchev–Trinajstić information content (AvgIpc) is 3.21. The quantitative estimate of drug-likeness (QED) is 0.656. The van der Waals surface area contributed by atoms with Crippen molar-refractivity contribution in [1.29, 1.82) is 0 Å². The van der Waals surface area contributed by atoms with Crippen molar-refractivity contribution in [3.05, 3.63) is 47.3 Å². The average molecular weight is 398 g/mol. The van der Waals surface area contributed by atoms with E-state index in [-0.39, 0.29) is 14.0 Å². The van der Waals surface area contributed by atoms with Crippen molar-refractivity contribution < 1.29 is 5.11 Å². The molecule has 0 saturated carbocycles. The molecule has 1 aromatic carbocycles. The molecule has 0 bridgehead atoms. The van der Waals surface area contributed by atoms with Gasteiger partial charge < -0.3 is 14.9 Å². The van der Waals surface area contributed by atoms with Gasteiger partial charge in [-0.2, -0.15) is 0 Å². The van der Waals surface area contributed by atoms with Crippen LogP contribution in [0.3, 0.4) is 0 Å². The fourth-order valence-corrected chi connectivity index (χ4v) is 4.62. The van der Waals surface area contributed by atoms with Gasteiger partial charge in [-0.05, 0) is 47.8 Å². The first-order valence-corrected chi connectivity index (χ1v) is 10.7. The van der Waals surface area contributed by atoms with Crippen LogP contribution in [0.4, 0.5) is 5.82 Å². The topological polar surface area (TPSA) is 39.6 Å². The van der Waals surface area contributed by atoms with E-state index >= 15 is 0 Å². The molecule has 5 heteroatoms. The van der Waals surface area contributed by atoms with Gasteiger partial charge in [-0.25, -0.2) is 4.98 Å². The molecule has 28 heavy (non-hydrogen) atoms. The third-order valence-corrected chi connectivity index (χ3v) is 6.34. The highest BCUT2D eigenvalue weighted by Gasteiger charge is 2.20. The van der Waals surface area contributed by atoms with Crippen LogP contribution in [-0.4, -0.2) is 54.3 Å². The van der Waals surface area contributed by atoms with Crippen LogP contribution >= 0.6 is 11.3 Å². The number of nitrogens with zero attached hydrogens (tertiary/aromatic N) is 3. The molecule has 4 nitrogen and oxygen atoms in total. The number of hydrogen-bond donors (Lipinski definition) is 1. The van der Waals surface area contributed by atoms with Gasteiger partial charge in [0.1, 0.15) is 5.82 Å². The van der Waals surface area contributed by atoms with E-state index in [0.29, 0.717) is 0 Å². The van der Waals surface area contributed by atoms with Crippen LogP contribution in [0.5, 0.6) is 0 Å². The van der Waals surface area contributed by atoms with Crippen LogP contribution in [0.25, 0.3) is 21.3 Å². The minimum atomic E-state index is 0. The zero-order valence-corrected chi connectivity index (χ0v) is 16.7. The molecule has 1 fully saturated rings. The Morgan fingerprint density at radius 3 is 2.50 bits per heavy atom. The van der Waals surface area contributed by atoms with Crippen molar-refractivity contribution in [2.45, 2.75) is 27.2 Å². The van der Waals surface area contributed by atoms with Gasteiger partial charge in [0.25, 0.3) is 0 Å². The smallest absolute Gasteiger partial charge is 0.147 e. The van der Waals surface area contributed by atoms with Crippen LogP contribution < -0.4 is 4.90 Å². The summed E-state index contributed by atoms with van der Waals surface area (Å²) in [6, 6.07) is 13.0. The van der Waals surface area contributed by atoms with E-state index in [0.717, 1.165) is 62.6 Å². The number of pyridine rings is 1. The van der Waals surface area contributed by atoms with Crippen molar-refractivity contribution in [3.8, 4) is 11.3 Å². The Balaban J connectivity index is 0.00000225. The summed E-state index contributed by atoms with van der Waals surface area (Å²) in [6.07, 6.45) is 1.73. The van der Waals surface area contributed by atoms with Crippen LogP contribution in [0.2, 0.25) is 0 Å². The zero-order chi connectivity index (χ0) is 18.6. The van der Waals surface area contributed by atoms with E-state index in [1.54, 1.807) is 11.3 Å². The van der Waals surface area contributed by atoms with E-state index in [2.05, 4.69) is 58.5 Å². The van der Waals surface area contributed by atoms with Crippen LogP contribution in [0.15, 0.2) is 41.8 Å². The maximum absolute atomic E-state index is 9.01. The van der Waals surface area contributed by atoms with Crippen LogP contribution in [0.1, 0.15) is 26.3 Å². The molecule has 1 saturated heterocycles. The van der Waals surface area contributed by atoms with Gasteiger partial charge in [0.15, 0.2) is 0 Å². The lowest BCUT2D eigenvalue weighted by molar-refractivity contribution is 0.271. The van der Waals surface area contributed by atoms with E-state index in [1.807, 2.05) is 0 Å². The predicted octanol–water partition coefficient (Wildman–Crippen LogP) is 4.67.